The Morgan fingerprint density at radius 2 is 1.82 bits per heavy atom. The van der Waals surface area contributed by atoms with Gasteiger partial charge in [0.1, 0.15) is 10.8 Å². The van der Waals surface area contributed by atoms with E-state index in [1.165, 1.54) is 18.2 Å². The smallest absolute Gasteiger partial charge is 0.267 e. The molecule has 1 aromatic carbocycles. The molecule has 0 aliphatic carbocycles. The van der Waals surface area contributed by atoms with Gasteiger partial charge in [0, 0.05) is 13.1 Å². The van der Waals surface area contributed by atoms with Crippen molar-refractivity contribution in [2.24, 2.45) is 0 Å². The van der Waals surface area contributed by atoms with Crippen molar-refractivity contribution in [1.82, 2.24) is 15.0 Å². The van der Waals surface area contributed by atoms with E-state index in [1.807, 2.05) is 0 Å². The van der Waals surface area contributed by atoms with Crippen molar-refractivity contribution in [2.75, 3.05) is 13.1 Å². The number of carbonyl (C=O) groups is 1. The van der Waals surface area contributed by atoms with E-state index in [2.05, 4.69) is 15.0 Å². The quantitative estimate of drug-likeness (QED) is 0.687. The van der Waals surface area contributed by atoms with Crippen LogP contribution in [0.3, 0.4) is 0 Å². The van der Waals surface area contributed by atoms with Gasteiger partial charge in [-0.3, -0.25) is 4.79 Å². The van der Waals surface area contributed by atoms with E-state index in [4.69, 9.17) is 23.2 Å². The van der Waals surface area contributed by atoms with Gasteiger partial charge in [0.15, 0.2) is 0 Å². The van der Waals surface area contributed by atoms with E-state index in [0.29, 0.717) is 0 Å². The standard InChI is InChI=1S/C13H13Cl2N3O3S/c14-10-8-11(18-12(10)15)13(19)16-6-7-17-22(20,21)9-4-2-1-3-5-9/h1-5,8,17-18H,6-7H2,(H,16,19). The van der Waals surface area contributed by atoms with Crippen LogP contribution in [-0.2, 0) is 10.0 Å². The van der Waals surface area contributed by atoms with Crippen LogP contribution in [0.4, 0.5) is 0 Å². The first-order chi connectivity index (χ1) is 10.4. The van der Waals surface area contributed by atoms with Crippen LogP contribution in [0.2, 0.25) is 10.2 Å². The topological polar surface area (TPSA) is 91.1 Å². The Morgan fingerprint density at radius 3 is 2.41 bits per heavy atom. The van der Waals surface area contributed by atoms with Gasteiger partial charge < -0.3 is 10.3 Å². The van der Waals surface area contributed by atoms with Crippen molar-refractivity contribution < 1.29 is 13.2 Å². The van der Waals surface area contributed by atoms with Crippen LogP contribution in [0.5, 0.6) is 0 Å². The van der Waals surface area contributed by atoms with E-state index in [9.17, 15) is 13.2 Å². The Bertz CT molecular complexity index is 741. The van der Waals surface area contributed by atoms with Crippen molar-refractivity contribution in [2.45, 2.75) is 4.90 Å². The fraction of sp³-hybridized carbons (Fsp3) is 0.154. The molecule has 0 aliphatic heterocycles. The Hall–Kier alpha value is -1.54. The molecule has 1 aromatic heterocycles. The van der Waals surface area contributed by atoms with Gasteiger partial charge in [-0.1, -0.05) is 41.4 Å². The van der Waals surface area contributed by atoms with Crippen molar-refractivity contribution >= 4 is 39.1 Å². The number of aromatic nitrogens is 1. The van der Waals surface area contributed by atoms with Crippen LogP contribution < -0.4 is 10.0 Å². The summed E-state index contributed by atoms with van der Waals surface area (Å²) in [5.41, 5.74) is 0.209. The Morgan fingerprint density at radius 1 is 1.14 bits per heavy atom. The number of nitrogens with one attached hydrogen (secondary N) is 3. The molecule has 3 N–H and O–H groups in total. The number of aromatic amines is 1. The molecule has 0 bridgehead atoms. The molecule has 0 saturated carbocycles. The molecule has 0 atom stereocenters. The first kappa shape index (κ1) is 16.8. The van der Waals surface area contributed by atoms with Gasteiger partial charge in [0.05, 0.1) is 9.92 Å². The van der Waals surface area contributed by atoms with Crippen LogP contribution in [0.15, 0.2) is 41.3 Å². The maximum atomic E-state index is 11.9. The molecule has 0 aliphatic rings. The second-order valence-corrected chi connectivity index (χ2v) is 6.86. The summed E-state index contributed by atoms with van der Waals surface area (Å²) >= 11 is 11.4. The average molecular weight is 362 g/mol. The normalized spacial score (nSPS) is 11.4. The Balaban J connectivity index is 1.83. The second kappa shape index (κ2) is 7.15. The third-order valence-corrected chi connectivity index (χ3v) is 4.90. The summed E-state index contributed by atoms with van der Waals surface area (Å²) in [6, 6.07) is 9.37. The summed E-state index contributed by atoms with van der Waals surface area (Å²) in [5, 5.41) is 2.97. The highest BCUT2D eigenvalue weighted by atomic mass is 35.5. The van der Waals surface area contributed by atoms with E-state index in [1.54, 1.807) is 18.2 Å². The molecule has 0 spiro atoms. The van der Waals surface area contributed by atoms with Crippen LogP contribution in [-0.4, -0.2) is 32.4 Å². The SMILES string of the molecule is O=C(NCCNS(=O)(=O)c1ccccc1)c1cc(Cl)c(Cl)[nH]1. The van der Waals surface area contributed by atoms with Gasteiger partial charge in [-0.25, -0.2) is 13.1 Å². The fourth-order valence-electron chi connectivity index (χ4n) is 1.67. The minimum Gasteiger partial charge on any atom is -0.349 e. The summed E-state index contributed by atoms with van der Waals surface area (Å²) in [7, 11) is -3.58. The van der Waals surface area contributed by atoms with Crippen LogP contribution in [0.1, 0.15) is 10.5 Å². The highest BCUT2D eigenvalue weighted by Crippen LogP contribution is 2.21. The Kier molecular flexibility index (Phi) is 5.47. The molecule has 22 heavy (non-hydrogen) atoms. The molecule has 1 heterocycles. The fourth-order valence-corrected chi connectivity index (χ4v) is 3.03. The van der Waals surface area contributed by atoms with Gasteiger partial charge in [0.25, 0.3) is 5.91 Å². The summed E-state index contributed by atoms with van der Waals surface area (Å²) in [6.07, 6.45) is 0. The summed E-state index contributed by atoms with van der Waals surface area (Å²) < 4.78 is 26.3. The van der Waals surface area contributed by atoms with E-state index in [0.717, 1.165) is 0 Å². The first-order valence-electron chi connectivity index (χ1n) is 6.27. The highest BCUT2D eigenvalue weighted by Gasteiger charge is 2.14. The minimum absolute atomic E-state index is 0.0607. The van der Waals surface area contributed by atoms with Crippen molar-refractivity contribution in [3.05, 3.63) is 52.3 Å². The van der Waals surface area contributed by atoms with Crippen molar-refractivity contribution in [1.29, 1.82) is 0 Å². The lowest BCUT2D eigenvalue weighted by atomic mass is 10.4. The number of halogens is 2. The minimum atomic E-state index is -3.58. The molecule has 0 unspecified atom stereocenters. The number of benzene rings is 1. The zero-order valence-electron chi connectivity index (χ0n) is 11.3. The molecular formula is C13H13Cl2N3O3S. The van der Waals surface area contributed by atoms with Gasteiger partial charge in [-0.05, 0) is 18.2 Å². The lowest BCUT2D eigenvalue weighted by Crippen LogP contribution is -2.34. The number of rotatable bonds is 6. The third kappa shape index (κ3) is 4.23. The van der Waals surface area contributed by atoms with E-state index < -0.39 is 15.9 Å². The molecular weight excluding hydrogens is 349 g/mol. The number of hydrogen-bond acceptors (Lipinski definition) is 3. The number of hydrogen-bond donors (Lipinski definition) is 3. The molecule has 1 amide bonds. The zero-order valence-corrected chi connectivity index (χ0v) is 13.6. The number of carbonyl (C=O) groups excluding carboxylic acids is 1. The molecule has 2 rings (SSSR count). The van der Waals surface area contributed by atoms with Gasteiger partial charge >= 0.3 is 0 Å². The monoisotopic (exact) mass is 361 g/mol. The highest BCUT2D eigenvalue weighted by molar-refractivity contribution is 7.89. The predicted molar refractivity (Wildman–Crippen MR) is 84.8 cm³/mol. The zero-order chi connectivity index (χ0) is 16.2. The molecule has 0 fully saturated rings. The summed E-state index contributed by atoms with van der Waals surface area (Å²) in [6.45, 7) is 0.185. The van der Waals surface area contributed by atoms with Gasteiger partial charge in [0.2, 0.25) is 10.0 Å². The predicted octanol–water partition coefficient (Wildman–Crippen LogP) is 2.03. The van der Waals surface area contributed by atoms with Gasteiger partial charge in [-0.2, -0.15) is 0 Å². The van der Waals surface area contributed by atoms with Gasteiger partial charge in [-0.15, -0.1) is 0 Å². The van der Waals surface area contributed by atoms with Crippen LogP contribution in [0, 0.1) is 0 Å². The van der Waals surface area contributed by atoms with E-state index in [-0.39, 0.29) is 33.9 Å². The molecule has 0 saturated heterocycles. The third-order valence-electron chi connectivity index (χ3n) is 2.73. The number of sulfonamides is 1. The largest absolute Gasteiger partial charge is 0.349 e. The van der Waals surface area contributed by atoms with E-state index >= 15 is 0 Å². The molecule has 9 heteroatoms. The Labute approximate surface area is 137 Å². The lowest BCUT2D eigenvalue weighted by molar-refractivity contribution is 0.0950. The first-order valence-corrected chi connectivity index (χ1v) is 8.51. The second-order valence-electron chi connectivity index (χ2n) is 4.31. The maximum absolute atomic E-state index is 11.9. The van der Waals surface area contributed by atoms with Crippen LogP contribution in [0.25, 0.3) is 0 Å². The number of amides is 1. The number of H-pyrrole nitrogens is 1. The van der Waals surface area contributed by atoms with Crippen molar-refractivity contribution in [3.8, 4) is 0 Å². The molecule has 0 radical (unpaired) electrons. The average Bonchev–Trinajstić information content (AvgIpc) is 2.84. The maximum Gasteiger partial charge on any atom is 0.267 e. The van der Waals surface area contributed by atoms with Crippen LogP contribution >= 0.6 is 23.2 Å². The molecule has 2 aromatic rings. The molecule has 118 valence electrons. The molecule has 6 nitrogen and oxygen atoms in total. The summed E-state index contributed by atoms with van der Waals surface area (Å²) in [4.78, 5) is 14.5. The van der Waals surface area contributed by atoms with Crippen molar-refractivity contribution in [3.63, 3.8) is 0 Å². The summed E-state index contributed by atoms with van der Waals surface area (Å²) in [5.74, 6) is -0.423. The lowest BCUT2D eigenvalue weighted by Gasteiger charge is -2.07.